The number of carbonyl (C=O) groups is 1. The molecule has 1 aromatic carbocycles. The molecule has 1 aliphatic heterocycles. The van der Waals surface area contributed by atoms with E-state index in [0.29, 0.717) is 13.2 Å². The maximum Gasteiger partial charge on any atom is 0.414 e. The predicted octanol–water partition coefficient (Wildman–Crippen LogP) is 2.36. The van der Waals surface area contributed by atoms with Crippen LogP contribution in [0.25, 0.3) is 0 Å². The van der Waals surface area contributed by atoms with Crippen LogP contribution in [0.15, 0.2) is 24.3 Å². The van der Waals surface area contributed by atoms with Gasteiger partial charge < -0.3 is 14.6 Å². The van der Waals surface area contributed by atoms with Crippen molar-refractivity contribution in [3.8, 4) is 0 Å². The molecule has 1 heterocycles. The van der Waals surface area contributed by atoms with Gasteiger partial charge in [-0.3, -0.25) is 4.90 Å². The third kappa shape index (κ3) is 4.44. The van der Waals surface area contributed by atoms with Gasteiger partial charge in [-0.1, -0.05) is 12.1 Å². The van der Waals surface area contributed by atoms with E-state index in [-0.39, 0.29) is 18.3 Å². The van der Waals surface area contributed by atoms with Gasteiger partial charge in [0, 0.05) is 12.8 Å². The molecule has 1 saturated heterocycles. The SMILES string of the molecule is COCC1CN(c2ccc(CCCC(C)O)cc2)C(=O)O1. The highest BCUT2D eigenvalue weighted by atomic mass is 16.6. The standard InChI is InChI=1S/C16H23NO4/c1-12(18)4-3-5-13-6-8-14(9-7-13)17-10-15(11-20-2)21-16(17)19/h6-9,12,15,18H,3-5,10-11H2,1-2H3. The summed E-state index contributed by atoms with van der Waals surface area (Å²) in [7, 11) is 1.60. The maximum absolute atomic E-state index is 11.8. The fourth-order valence-electron chi connectivity index (χ4n) is 2.45. The highest BCUT2D eigenvalue weighted by molar-refractivity contribution is 5.89. The quantitative estimate of drug-likeness (QED) is 0.838. The van der Waals surface area contributed by atoms with Crippen LogP contribution in [0.5, 0.6) is 0 Å². The summed E-state index contributed by atoms with van der Waals surface area (Å²) in [6.45, 7) is 2.74. The van der Waals surface area contributed by atoms with E-state index in [4.69, 9.17) is 9.47 Å². The minimum absolute atomic E-state index is 0.201. The summed E-state index contributed by atoms with van der Waals surface area (Å²) < 4.78 is 10.2. The van der Waals surface area contributed by atoms with E-state index >= 15 is 0 Å². The van der Waals surface area contributed by atoms with Gasteiger partial charge in [0.2, 0.25) is 0 Å². The molecule has 0 spiro atoms. The number of cyclic esters (lactones) is 1. The highest BCUT2D eigenvalue weighted by Crippen LogP contribution is 2.22. The molecule has 5 heteroatoms. The lowest BCUT2D eigenvalue weighted by Crippen LogP contribution is -2.25. The van der Waals surface area contributed by atoms with Crippen LogP contribution >= 0.6 is 0 Å². The number of amides is 1. The van der Waals surface area contributed by atoms with Crippen molar-refractivity contribution in [2.45, 2.75) is 38.4 Å². The molecule has 2 unspecified atom stereocenters. The van der Waals surface area contributed by atoms with Gasteiger partial charge in [0.15, 0.2) is 0 Å². The number of hydrogen-bond acceptors (Lipinski definition) is 4. The van der Waals surface area contributed by atoms with Crippen molar-refractivity contribution in [2.24, 2.45) is 0 Å². The minimum Gasteiger partial charge on any atom is -0.441 e. The summed E-state index contributed by atoms with van der Waals surface area (Å²) in [5.74, 6) is 0. The Kier molecular flexibility index (Phi) is 5.59. The van der Waals surface area contributed by atoms with Crippen LogP contribution in [0.2, 0.25) is 0 Å². The van der Waals surface area contributed by atoms with Gasteiger partial charge in [-0.05, 0) is 43.9 Å². The molecule has 0 bridgehead atoms. The smallest absolute Gasteiger partial charge is 0.414 e. The second-order valence-electron chi connectivity index (χ2n) is 5.48. The molecule has 2 rings (SSSR count). The van der Waals surface area contributed by atoms with Gasteiger partial charge in [0.25, 0.3) is 0 Å². The Bertz CT molecular complexity index is 458. The van der Waals surface area contributed by atoms with Crippen LogP contribution in [-0.2, 0) is 15.9 Å². The third-order valence-electron chi connectivity index (χ3n) is 3.56. The summed E-state index contributed by atoms with van der Waals surface area (Å²) in [5.41, 5.74) is 2.05. The average molecular weight is 293 g/mol. The average Bonchev–Trinajstić information content (AvgIpc) is 2.80. The number of nitrogens with zero attached hydrogens (tertiary/aromatic N) is 1. The summed E-state index contributed by atoms with van der Waals surface area (Å²) in [4.78, 5) is 13.4. The Morgan fingerprint density at radius 1 is 1.43 bits per heavy atom. The number of aliphatic hydroxyl groups excluding tert-OH is 1. The molecule has 2 atom stereocenters. The lowest BCUT2D eigenvalue weighted by atomic mass is 10.1. The van der Waals surface area contributed by atoms with Crippen LogP contribution in [0.3, 0.4) is 0 Å². The first kappa shape index (κ1) is 15.8. The number of benzene rings is 1. The monoisotopic (exact) mass is 293 g/mol. The zero-order chi connectivity index (χ0) is 15.2. The van der Waals surface area contributed by atoms with Crippen molar-refractivity contribution in [3.63, 3.8) is 0 Å². The topological polar surface area (TPSA) is 59.0 Å². The lowest BCUT2D eigenvalue weighted by molar-refractivity contribution is 0.0718. The molecular weight excluding hydrogens is 270 g/mol. The van der Waals surface area contributed by atoms with Gasteiger partial charge >= 0.3 is 6.09 Å². The van der Waals surface area contributed by atoms with Crippen LogP contribution in [-0.4, -0.2) is 43.7 Å². The van der Waals surface area contributed by atoms with E-state index in [2.05, 4.69) is 0 Å². The lowest BCUT2D eigenvalue weighted by Gasteiger charge is -2.13. The van der Waals surface area contributed by atoms with Crippen molar-refractivity contribution < 1.29 is 19.4 Å². The highest BCUT2D eigenvalue weighted by Gasteiger charge is 2.32. The van der Waals surface area contributed by atoms with Gasteiger partial charge in [0.1, 0.15) is 6.10 Å². The van der Waals surface area contributed by atoms with E-state index in [1.165, 1.54) is 5.56 Å². The molecule has 1 aliphatic rings. The number of methoxy groups -OCH3 is 1. The Hall–Kier alpha value is -1.59. The second kappa shape index (κ2) is 7.43. The zero-order valence-electron chi connectivity index (χ0n) is 12.6. The molecule has 0 radical (unpaired) electrons. The minimum atomic E-state index is -0.320. The van der Waals surface area contributed by atoms with Crippen molar-refractivity contribution in [2.75, 3.05) is 25.2 Å². The van der Waals surface area contributed by atoms with Crippen LogP contribution in [0.1, 0.15) is 25.3 Å². The van der Waals surface area contributed by atoms with Crippen LogP contribution in [0.4, 0.5) is 10.5 Å². The van der Waals surface area contributed by atoms with E-state index in [1.54, 1.807) is 18.9 Å². The number of aliphatic hydroxyl groups is 1. The molecule has 1 fully saturated rings. The van der Waals surface area contributed by atoms with Crippen LogP contribution < -0.4 is 4.90 Å². The molecular formula is C16H23NO4. The first-order chi connectivity index (χ1) is 10.1. The van der Waals surface area contributed by atoms with E-state index < -0.39 is 0 Å². The fourth-order valence-corrected chi connectivity index (χ4v) is 2.45. The van der Waals surface area contributed by atoms with Crippen molar-refractivity contribution in [3.05, 3.63) is 29.8 Å². The van der Waals surface area contributed by atoms with E-state index in [1.807, 2.05) is 24.3 Å². The van der Waals surface area contributed by atoms with Gasteiger partial charge in [-0.15, -0.1) is 0 Å². The number of anilines is 1. The van der Waals surface area contributed by atoms with Gasteiger partial charge in [-0.2, -0.15) is 0 Å². The molecule has 1 aromatic rings. The Labute approximate surface area is 125 Å². The first-order valence-corrected chi connectivity index (χ1v) is 7.34. The van der Waals surface area contributed by atoms with Crippen LogP contribution in [0, 0.1) is 0 Å². The number of hydrogen-bond donors (Lipinski definition) is 1. The second-order valence-corrected chi connectivity index (χ2v) is 5.48. The molecule has 1 N–H and O–H groups in total. The molecule has 0 saturated carbocycles. The fraction of sp³-hybridized carbons (Fsp3) is 0.562. The number of rotatable bonds is 7. The molecule has 1 amide bonds. The predicted molar refractivity (Wildman–Crippen MR) is 80.6 cm³/mol. The zero-order valence-corrected chi connectivity index (χ0v) is 12.6. The summed E-state index contributed by atoms with van der Waals surface area (Å²) in [6, 6.07) is 7.92. The Morgan fingerprint density at radius 2 is 2.14 bits per heavy atom. The molecule has 21 heavy (non-hydrogen) atoms. The molecule has 0 aliphatic carbocycles. The van der Waals surface area contributed by atoms with Crippen molar-refractivity contribution in [1.29, 1.82) is 0 Å². The summed E-state index contributed by atoms with van der Waals surface area (Å²) >= 11 is 0. The Morgan fingerprint density at radius 3 is 2.76 bits per heavy atom. The van der Waals surface area contributed by atoms with Gasteiger partial charge in [0.05, 0.1) is 19.3 Å². The molecule has 5 nitrogen and oxygen atoms in total. The van der Waals surface area contributed by atoms with Crippen molar-refractivity contribution in [1.82, 2.24) is 0 Å². The number of aryl methyl sites for hydroxylation is 1. The normalized spacial score (nSPS) is 19.7. The van der Waals surface area contributed by atoms with Gasteiger partial charge in [-0.25, -0.2) is 4.79 Å². The number of carbonyl (C=O) groups excluding carboxylic acids is 1. The molecule has 0 aromatic heterocycles. The first-order valence-electron chi connectivity index (χ1n) is 7.34. The van der Waals surface area contributed by atoms with E-state index in [9.17, 15) is 9.90 Å². The van der Waals surface area contributed by atoms with E-state index in [0.717, 1.165) is 24.9 Å². The summed E-state index contributed by atoms with van der Waals surface area (Å²) in [5, 5.41) is 9.25. The number of ether oxygens (including phenoxy) is 2. The Balaban J connectivity index is 1.91. The summed E-state index contributed by atoms with van der Waals surface area (Å²) in [6.07, 6.45) is 1.92. The third-order valence-corrected chi connectivity index (χ3v) is 3.56. The molecule has 116 valence electrons. The largest absolute Gasteiger partial charge is 0.441 e. The van der Waals surface area contributed by atoms with Crippen molar-refractivity contribution >= 4 is 11.8 Å². The maximum atomic E-state index is 11.8.